The zero-order chi connectivity index (χ0) is 26.0. The fourth-order valence-electron chi connectivity index (χ4n) is 4.41. The van der Waals surface area contributed by atoms with Crippen LogP contribution in [0.25, 0.3) is 0 Å². The second kappa shape index (κ2) is 10.3. The van der Waals surface area contributed by atoms with Crippen LogP contribution in [-0.2, 0) is 18.4 Å². The van der Waals surface area contributed by atoms with Gasteiger partial charge in [-0.2, -0.15) is 5.10 Å². The number of nitrogens with zero attached hydrogens (tertiary/aromatic N) is 3. The van der Waals surface area contributed by atoms with Gasteiger partial charge >= 0.3 is 0 Å². The predicted molar refractivity (Wildman–Crippen MR) is 146 cm³/mol. The van der Waals surface area contributed by atoms with Gasteiger partial charge in [-0.05, 0) is 102 Å². The summed E-state index contributed by atoms with van der Waals surface area (Å²) in [4.78, 5) is 15.4. The van der Waals surface area contributed by atoms with Crippen LogP contribution in [0.15, 0.2) is 48.5 Å². The van der Waals surface area contributed by atoms with Crippen molar-refractivity contribution in [2.75, 3.05) is 24.1 Å². The van der Waals surface area contributed by atoms with Crippen molar-refractivity contribution in [3.05, 3.63) is 70.9 Å². The van der Waals surface area contributed by atoms with E-state index < -0.39 is 0 Å². The number of rotatable bonds is 8. The number of carbonyl (C=O) groups excluding carboxylic acids is 1. The highest BCUT2D eigenvalue weighted by molar-refractivity contribution is 6.03. The highest BCUT2D eigenvalue weighted by atomic mass is 16.5. The van der Waals surface area contributed by atoms with Crippen LogP contribution in [0.4, 0.5) is 11.5 Å². The standard InChI is InChI=1S/C29H39N5O2/c1-19(2)33-17-26(18-33)36-25-13-9-21(10-14-25)28(35)31-27-16-24(32-34(27)29(4,5)6)12-8-22-15-23(30)11-7-20(22)3/h7,9-11,13-16,19,26H,8,12,17-18,30H2,1-6H3,(H,31,35). The van der Waals surface area contributed by atoms with E-state index in [9.17, 15) is 4.79 Å². The van der Waals surface area contributed by atoms with Crippen molar-refractivity contribution < 1.29 is 9.53 Å². The molecule has 1 aliphatic heterocycles. The number of hydrogen-bond donors (Lipinski definition) is 2. The van der Waals surface area contributed by atoms with E-state index in [1.165, 1.54) is 11.1 Å². The van der Waals surface area contributed by atoms with E-state index in [-0.39, 0.29) is 17.6 Å². The first-order valence-corrected chi connectivity index (χ1v) is 12.8. The molecule has 7 nitrogen and oxygen atoms in total. The maximum absolute atomic E-state index is 13.1. The number of nitrogens with one attached hydrogen (secondary N) is 1. The average Bonchev–Trinajstić information content (AvgIpc) is 3.20. The van der Waals surface area contributed by atoms with Crippen LogP contribution in [0.2, 0.25) is 0 Å². The predicted octanol–water partition coefficient (Wildman–Crippen LogP) is 5.04. The third-order valence-corrected chi connectivity index (χ3v) is 6.69. The molecule has 192 valence electrons. The van der Waals surface area contributed by atoms with E-state index in [1.54, 1.807) is 0 Å². The van der Waals surface area contributed by atoms with Crippen LogP contribution in [0.5, 0.6) is 5.75 Å². The molecule has 0 saturated carbocycles. The highest BCUT2D eigenvalue weighted by Gasteiger charge is 2.30. The molecular formula is C29H39N5O2. The van der Waals surface area contributed by atoms with Gasteiger partial charge < -0.3 is 15.8 Å². The molecular weight excluding hydrogens is 450 g/mol. The summed E-state index contributed by atoms with van der Waals surface area (Å²) in [5, 5.41) is 7.89. The third-order valence-electron chi connectivity index (χ3n) is 6.69. The molecule has 0 bridgehead atoms. The van der Waals surface area contributed by atoms with Gasteiger partial charge in [0.2, 0.25) is 0 Å². The first kappa shape index (κ1) is 25.8. The van der Waals surface area contributed by atoms with Crippen LogP contribution in [0, 0.1) is 6.92 Å². The molecule has 3 N–H and O–H groups in total. The molecule has 1 amide bonds. The second-order valence-electron chi connectivity index (χ2n) is 11.1. The minimum Gasteiger partial charge on any atom is -0.488 e. The molecule has 36 heavy (non-hydrogen) atoms. The van der Waals surface area contributed by atoms with Gasteiger partial charge in [0.1, 0.15) is 17.7 Å². The van der Waals surface area contributed by atoms with E-state index >= 15 is 0 Å². The molecule has 0 atom stereocenters. The molecule has 0 spiro atoms. The number of hydrogen-bond acceptors (Lipinski definition) is 5. The van der Waals surface area contributed by atoms with E-state index in [1.807, 2.05) is 53.2 Å². The first-order chi connectivity index (χ1) is 17.0. The number of amides is 1. The molecule has 3 aromatic rings. The van der Waals surface area contributed by atoms with Crippen LogP contribution < -0.4 is 15.8 Å². The van der Waals surface area contributed by atoms with Gasteiger partial charge in [0.15, 0.2) is 0 Å². The summed E-state index contributed by atoms with van der Waals surface area (Å²) in [6.07, 6.45) is 1.81. The molecule has 2 heterocycles. The van der Waals surface area contributed by atoms with Crippen molar-refractivity contribution in [2.45, 2.75) is 72.1 Å². The van der Waals surface area contributed by atoms with E-state index in [4.69, 9.17) is 15.6 Å². The number of nitrogens with two attached hydrogens (primary N) is 1. The van der Waals surface area contributed by atoms with Gasteiger partial charge in [-0.25, -0.2) is 4.68 Å². The third kappa shape index (κ3) is 6.08. The number of nitrogen functional groups attached to an aromatic ring is 1. The summed E-state index contributed by atoms with van der Waals surface area (Å²) in [6, 6.07) is 15.9. The van der Waals surface area contributed by atoms with Crippen molar-refractivity contribution in [3.8, 4) is 5.75 Å². The molecule has 4 rings (SSSR count). The van der Waals surface area contributed by atoms with Crippen molar-refractivity contribution in [2.24, 2.45) is 0 Å². The minimum atomic E-state index is -0.279. The Morgan fingerprint density at radius 1 is 1.11 bits per heavy atom. The Balaban J connectivity index is 1.41. The zero-order valence-corrected chi connectivity index (χ0v) is 22.3. The Morgan fingerprint density at radius 2 is 1.81 bits per heavy atom. The fourth-order valence-corrected chi connectivity index (χ4v) is 4.41. The molecule has 1 fully saturated rings. The Labute approximate surface area is 214 Å². The Kier molecular flexibility index (Phi) is 7.41. The number of aryl methyl sites for hydroxylation is 3. The molecule has 7 heteroatoms. The molecule has 2 aromatic carbocycles. The molecule has 1 aliphatic rings. The maximum atomic E-state index is 13.1. The Bertz CT molecular complexity index is 1200. The lowest BCUT2D eigenvalue weighted by Crippen LogP contribution is -2.56. The average molecular weight is 490 g/mol. The molecule has 1 aromatic heterocycles. The van der Waals surface area contributed by atoms with E-state index in [2.05, 4.69) is 51.8 Å². The summed E-state index contributed by atoms with van der Waals surface area (Å²) in [5.41, 5.74) is 10.4. The zero-order valence-electron chi connectivity index (χ0n) is 22.3. The normalized spacial score (nSPS) is 14.6. The smallest absolute Gasteiger partial charge is 0.256 e. The van der Waals surface area contributed by atoms with Gasteiger partial charge in [-0.1, -0.05) is 6.07 Å². The van der Waals surface area contributed by atoms with Crippen LogP contribution in [0.1, 0.15) is 61.8 Å². The van der Waals surface area contributed by atoms with Crippen molar-refractivity contribution in [1.82, 2.24) is 14.7 Å². The number of aromatic nitrogens is 2. The van der Waals surface area contributed by atoms with Gasteiger partial charge in [0.25, 0.3) is 5.91 Å². The quantitative estimate of drug-likeness (QED) is 0.433. The largest absolute Gasteiger partial charge is 0.488 e. The monoisotopic (exact) mass is 489 g/mol. The first-order valence-electron chi connectivity index (χ1n) is 12.8. The Morgan fingerprint density at radius 3 is 2.44 bits per heavy atom. The fraction of sp³-hybridized carbons (Fsp3) is 0.448. The van der Waals surface area contributed by atoms with Gasteiger partial charge in [-0.3, -0.25) is 9.69 Å². The number of ether oxygens (including phenoxy) is 1. The number of likely N-dealkylation sites (tertiary alicyclic amines) is 1. The summed E-state index contributed by atoms with van der Waals surface area (Å²) >= 11 is 0. The van der Waals surface area contributed by atoms with Crippen LogP contribution in [-0.4, -0.2) is 45.8 Å². The van der Waals surface area contributed by atoms with E-state index in [0.717, 1.165) is 43.1 Å². The van der Waals surface area contributed by atoms with Crippen LogP contribution >= 0.6 is 0 Å². The van der Waals surface area contributed by atoms with E-state index in [0.29, 0.717) is 17.4 Å². The number of benzene rings is 2. The summed E-state index contributed by atoms with van der Waals surface area (Å²) in [6.45, 7) is 14.6. The summed E-state index contributed by atoms with van der Waals surface area (Å²) < 4.78 is 7.92. The molecule has 1 saturated heterocycles. The van der Waals surface area contributed by atoms with Crippen molar-refractivity contribution >= 4 is 17.4 Å². The number of carbonyl (C=O) groups is 1. The Hall–Kier alpha value is -3.32. The highest BCUT2D eigenvalue weighted by Crippen LogP contribution is 2.25. The summed E-state index contributed by atoms with van der Waals surface area (Å²) in [5.74, 6) is 1.31. The van der Waals surface area contributed by atoms with Gasteiger partial charge in [0.05, 0.1) is 11.2 Å². The SMILES string of the molecule is Cc1ccc(N)cc1CCc1cc(NC(=O)c2ccc(OC3CN(C(C)C)C3)cc2)n(C(C)(C)C)n1. The lowest BCUT2D eigenvalue weighted by molar-refractivity contribution is 0.000150. The molecule has 0 aliphatic carbocycles. The number of anilines is 2. The minimum absolute atomic E-state index is 0.167. The summed E-state index contributed by atoms with van der Waals surface area (Å²) in [7, 11) is 0. The van der Waals surface area contributed by atoms with Gasteiger partial charge in [-0.15, -0.1) is 0 Å². The topological polar surface area (TPSA) is 85.4 Å². The maximum Gasteiger partial charge on any atom is 0.256 e. The van der Waals surface area contributed by atoms with Crippen molar-refractivity contribution in [1.29, 1.82) is 0 Å². The molecule has 0 radical (unpaired) electrons. The van der Waals surface area contributed by atoms with Crippen LogP contribution in [0.3, 0.4) is 0 Å². The van der Waals surface area contributed by atoms with Crippen molar-refractivity contribution in [3.63, 3.8) is 0 Å². The lowest BCUT2D eigenvalue weighted by Gasteiger charge is -2.41. The molecule has 0 unspecified atom stereocenters. The van der Waals surface area contributed by atoms with Gasteiger partial charge in [0, 0.05) is 36.4 Å². The lowest BCUT2D eigenvalue weighted by atomic mass is 10.0. The second-order valence-corrected chi connectivity index (χ2v) is 11.1.